The number of amides is 4. The molecule has 6 aromatic carbocycles. The summed E-state index contributed by atoms with van der Waals surface area (Å²) in [6, 6.07) is 49.2. The van der Waals surface area contributed by atoms with Gasteiger partial charge in [-0.15, -0.1) is 0 Å². The van der Waals surface area contributed by atoms with Crippen molar-refractivity contribution >= 4 is 24.2 Å². The van der Waals surface area contributed by atoms with E-state index in [4.69, 9.17) is 33.2 Å². The van der Waals surface area contributed by atoms with Gasteiger partial charge in [0, 0.05) is 70.2 Å². The van der Waals surface area contributed by atoms with Gasteiger partial charge < -0.3 is 54.4 Å². The maximum Gasteiger partial charge on any atom is 0.407 e. The molecule has 0 saturated carbocycles. The van der Waals surface area contributed by atoms with Gasteiger partial charge in [0.15, 0.2) is 0 Å². The van der Waals surface area contributed by atoms with E-state index in [1.165, 1.54) is 0 Å². The zero-order chi connectivity index (χ0) is 54.7. The summed E-state index contributed by atoms with van der Waals surface area (Å²) in [5.74, 6) is -0.425. The molecule has 414 valence electrons. The molecule has 9 rings (SSSR count). The lowest BCUT2D eigenvalue weighted by Crippen LogP contribution is -2.59. The van der Waals surface area contributed by atoms with Crippen molar-refractivity contribution in [3.8, 4) is 33.4 Å². The molecule has 79 heavy (non-hydrogen) atoms. The molecule has 3 aliphatic rings. The molecule has 0 heterocycles. The number of nitrogens with one attached hydrogen (secondary N) is 4. The number of alkyl carbamates (subject to hydrolysis) is 3. The van der Waals surface area contributed by atoms with Crippen LogP contribution in [0.5, 0.6) is 0 Å². The number of hydrogen-bond acceptors (Lipinski definition) is 11. The molecular formula is C64H72N4O11. The van der Waals surface area contributed by atoms with Crippen molar-refractivity contribution in [1.82, 2.24) is 21.3 Å². The van der Waals surface area contributed by atoms with Crippen LogP contribution in [-0.4, -0.2) is 122 Å². The Hall–Kier alpha value is -7.56. The maximum atomic E-state index is 13.6. The molecule has 0 bridgehead atoms. The lowest BCUT2D eigenvalue weighted by atomic mass is 9.98. The standard InChI is InChI=1S/C64H72N4O11/c1-2-34-73-38-30-60(69)68-64(42-74-35-15-31-65-61(70)77-39-57-51-24-9-3-18-45(51)46-19-4-10-25-52(46)57,43-75-36-16-32-66-62(71)78-40-58-53-26-11-5-20-47(53)48-21-6-12-27-54(48)58)44-76-37-17-33-67-63(72)79-41-59-55-28-13-7-22-49(55)50-23-8-14-29-56(50)59/h3-14,18-29,57-59H,2,15-17,30-44H2,1H3,(H,65,70)(H,66,71)(H,67,72)(H,68,69). The number of rotatable bonds is 30. The molecule has 0 aromatic heterocycles. The molecule has 15 nitrogen and oxygen atoms in total. The summed E-state index contributed by atoms with van der Waals surface area (Å²) >= 11 is 0. The van der Waals surface area contributed by atoms with E-state index >= 15 is 0 Å². The van der Waals surface area contributed by atoms with Gasteiger partial charge in [-0.3, -0.25) is 4.79 Å². The monoisotopic (exact) mass is 1070 g/mol. The first-order chi connectivity index (χ1) is 38.8. The molecule has 6 aromatic rings. The van der Waals surface area contributed by atoms with E-state index in [0.29, 0.717) is 45.5 Å². The maximum absolute atomic E-state index is 13.6. The minimum Gasteiger partial charge on any atom is -0.449 e. The number of carbonyl (C=O) groups excluding carboxylic acids is 4. The largest absolute Gasteiger partial charge is 0.449 e. The van der Waals surface area contributed by atoms with Gasteiger partial charge >= 0.3 is 18.3 Å². The minimum absolute atomic E-state index is 0.0233. The molecule has 0 radical (unpaired) electrons. The third-order valence-corrected chi connectivity index (χ3v) is 14.6. The predicted octanol–water partition coefficient (Wildman–Crippen LogP) is 10.5. The van der Waals surface area contributed by atoms with E-state index in [2.05, 4.69) is 94.1 Å². The van der Waals surface area contributed by atoms with Crippen molar-refractivity contribution in [2.24, 2.45) is 0 Å². The number of benzene rings is 6. The number of fused-ring (bicyclic) bond motifs is 9. The summed E-state index contributed by atoms with van der Waals surface area (Å²) in [6.07, 6.45) is 0.770. The summed E-state index contributed by atoms with van der Waals surface area (Å²) in [6.45, 7) is 5.10. The molecule has 0 unspecified atom stereocenters. The fraction of sp³-hybridized carbons (Fsp3) is 0.375. The average Bonchev–Trinajstić information content (AvgIpc) is 4.12. The number of carbonyl (C=O) groups is 4. The Morgan fingerprint density at radius 3 is 0.975 bits per heavy atom. The van der Waals surface area contributed by atoms with Gasteiger partial charge in [0.1, 0.15) is 25.4 Å². The zero-order valence-corrected chi connectivity index (χ0v) is 45.0. The van der Waals surface area contributed by atoms with Gasteiger partial charge in [0.25, 0.3) is 0 Å². The van der Waals surface area contributed by atoms with Crippen molar-refractivity contribution in [1.29, 1.82) is 0 Å². The topological polar surface area (TPSA) is 181 Å². The highest BCUT2D eigenvalue weighted by atomic mass is 16.6. The van der Waals surface area contributed by atoms with Crippen LogP contribution in [0.4, 0.5) is 14.4 Å². The van der Waals surface area contributed by atoms with Crippen LogP contribution in [0.2, 0.25) is 0 Å². The van der Waals surface area contributed by atoms with Crippen LogP contribution < -0.4 is 21.3 Å². The fourth-order valence-corrected chi connectivity index (χ4v) is 10.8. The second-order valence-corrected chi connectivity index (χ2v) is 20.2. The molecule has 0 spiro atoms. The lowest BCUT2D eigenvalue weighted by Gasteiger charge is -2.34. The molecular weight excluding hydrogens is 1000 g/mol. The first-order valence-corrected chi connectivity index (χ1v) is 27.7. The molecule has 0 aliphatic heterocycles. The molecule has 4 amide bonds. The molecule has 4 N–H and O–H groups in total. The second kappa shape index (κ2) is 28.4. The Morgan fingerprint density at radius 2 is 0.684 bits per heavy atom. The van der Waals surface area contributed by atoms with Crippen LogP contribution >= 0.6 is 0 Å². The van der Waals surface area contributed by atoms with E-state index in [-0.39, 0.29) is 96.2 Å². The summed E-state index contributed by atoms with van der Waals surface area (Å²) < 4.78 is 41.6. The van der Waals surface area contributed by atoms with Crippen molar-refractivity contribution in [3.63, 3.8) is 0 Å². The van der Waals surface area contributed by atoms with Gasteiger partial charge in [-0.1, -0.05) is 153 Å². The smallest absolute Gasteiger partial charge is 0.407 e. The minimum atomic E-state index is -1.14. The summed E-state index contributed by atoms with van der Waals surface area (Å²) in [5, 5.41) is 11.7. The third-order valence-electron chi connectivity index (χ3n) is 14.6. The normalized spacial score (nSPS) is 13.1. The molecule has 3 aliphatic carbocycles. The van der Waals surface area contributed by atoms with Gasteiger partial charge in [0.2, 0.25) is 5.91 Å². The summed E-state index contributed by atoms with van der Waals surface area (Å²) in [7, 11) is 0. The Labute approximate surface area is 463 Å². The van der Waals surface area contributed by atoms with E-state index in [1.54, 1.807) is 0 Å². The quantitative estimate of drug-likeness (QED) is 0.0249. The van der Waals surface area contributed by atoms with Gasteiger partial charge in [-0.2, -0.15) is 0 Å². The number of ether oxygens (including phenoxy) is 7. The summed E-state index contributed by atoms with van der Waals surface area (Å²) in [4.78, 5) is 52.4. The Bertz CT molecular complexity index is 2570. The van der Waals surface area contributed by atoms with Gasteiger partial charge in [0.05, 0.1) is 26.4 Å². The van der Waals surface area contributed by atoms with Crippen LogP contribution in [0.1, 0.15) is 90.2 Å². The van der Waals surface area contributed by atoms with Gasteiger partial charge in [-0.05, 0) is 92.4 Å². The fourth-order valence-electron chi connectivity index (χ4n) is 10.8. The van der Waals surface area contributed by atoms with Crippen LogP contribution in [0.25, 0.3) is 33.4 Å². The van der Waals surface area contributed by atoms with Crippen LogP contribution in [0, 0.1) is 0 Å². The van der Waals surface area contributed by atoms with E-state index in [0.717, 1.165) is 73.2 Å². The van der Waals surface area contributed by atoms with Crippen molar-refractivity contribution in [2.75, 3.05) is 92.3 Å². The van der Waals surface area contributed by atoms with Crippen molar-refractivity contribution < 1.29 is 52.3 Å². The second-order valence-electron chi connectivity index (χ2n) is 20.2. The first-order valence-electron chi connectivity index (χ1n) is 27.7. The van der Waals surface area contributed by atoms with Crippen molar-refractivity contribution in [2.45, 2.75) is 62.3 Å². The SMILES string of the molecule is CCCOCCC(=O)NC(COCCCNC(=O)OCC1c2ccccc2-c2ccccc21)(COCCCNC(=O)OCC1c2ccccc2-c2ccccc21)COCCCNC(=O)OCC1c2ccccc2-c2ccccc21. The van der Waals surface area contributed by atoms with Gasteiger partial charge in [-0.25, -0.2) is 14.4 Å². The zero-order valence-electron chi connectivity index (χ0n) is 45.0. The molecule has 15 heteroatoms. The highest BCUT2D eigenvalue weighted by Crippen LogP contribution is 2.47. The van der Waals surface area contributed by atoms with E-state index in [1.807, 2.05) is 79.7 Å². The highest BCUT2D eigenvalue weighted by Gasteiger charge is 2.35. The summed E-state index contributed by atoms with van der Waals surface area (Å²) in [5.41, 5.74) is 12.6. The third kappa shape index (κ3) is 14.6. The average molecular weight is 1070 g/mol. The van der Waals surface area contributed by atoms with Crippen molar-refractivity contribution in [3.05, 3.63) is 179 Å². The Morgan fingerprint density at radius 1 is 0.392 bits per heavy atom. The predicted molar refractivity (Wildman–Crippen MR) is 302 cm³/mol. The molecule has 0 saturated heterocycles. The highest BCUT2D eigenvalue weighted by molar-refractivity contribution is 5.81. The molecule has 0 atom stereocenters. The van der Waals surface area contributed by atoms with Crippen LogP contribution in [-0.2, 0) is 38.0 Å². The first kappa shape index (κ1) is 56.2. The van der Waals surface area contributed by atoms with Crippen LogP contribution in [0.3, 0.4) is 0 Å². The number of hydrogen-bond donors (Lipinski definition) is 4. The molecule has 0 fully saturated rings. The van der Waals surface area contributed by atoms with E-state index in [9.17, 15) is 19.2 Å². The lowest BCUT2D eigenvalue weighted by molar-refractivity contribution is -0.128. The van der Waals surface area contributed by atoms with E-state index < -0.39 is 23.8 Å². The Kier molecular flexibility index (Phi) is 20.2. The Balaban J connectivity index is 0.755. The van der Waals surface area contributed by atoms with Crippen LogP contribution in [0.15, 0.2) is 146 Å².